The molecule has 0 fully saturated rings. The predicted octanol–water partition coefficient (Wildman–Crippen LogP) is 1.76. The van der Waals surface area contributed by atoms with Gasteiger partial charge in [0.15, 0.2) is 5.69 Å². The highest BCUT2D eigenvalue weighted by molar-refractivity contribution is 5.94. The molecule has 1 aliphatic heterocycles. The number of carbonyl (C=O) groups excluding carboxylic acids is 1. The number of carbonyl (C=O) groups is 1. The quantitative estimate of drug-likeness (QED) is 0.857. The highest BCUT2D eigenvalue weighted by atomic mass is 16.2. The molecular formula is C15H16N4O. The predicted molar refractivity (Wildman–Crippen MR) is 73.2 cm³/mol. The summed E-state index contributed by atoms with van der Waals surface area (Å²) in [7, 11) is 0. The van der Waals surface area contributed by atoms with Crippen LogP contribution < -0.4 is 0 Å². The average molecular weight is 268 g/mol. The fourth-order valence-electron chi connectivity index (χ4n) is 3.19. The molecule has 3 heterocycles. The third kappa shape index (κ3) is 1.66. The van der Waals surface area contributed by atoms with Crippen molar-refractivity contribution in [2.75, 3.05) is 0 Å². The Morgan fingerprint density at radius 1 is 1.30 bits per heavy atom. The second kappa shape index (κ2) is 4.16. The van der Waals surface area contributed by atoms with Crippen LogP contribution in [-0.2, 0) is 25.9 Å². The summed E-state index contributed by atoms with van der Waals surface area (Å²) in [6.07, 6.45) is 4.98. The van der Waals surface area contributed by atoms with Crippen molar-refractivity contribution in [3.8, 4) is 0 Å². The molecule has 0 aromatic carbocycles. The average Bonchev–Trinajstić information content (AvgIpc) is 3.11. The highest BCUT2D eigenvalue weighted by Crippen LogP contribution is 2.27. The zero-order valence-electron chi connectivity index (χ0n) is 11.4. The molecule has 1 aliphatic carbocycles. The van der Waals surface area contributed by atoms with Gasteiger partial charge < -0.3 is 4.90 Å². The van der Waals surface area contributed by atoms with Crippen molar-refractivity contribution >= 4 is 5.91 Å². The molecule has 2 aliphatic rings. The van der Waals surface area contributed by atoms with Crippen LogP contribution in [0.5, 0.6) is 0 Å². The molecule has 0 bridgehead atoms. The maximum Gasteiger partial charge on any atom is 0.275 e. The van der Waals surface area contributed by atoms with Gasteiger partial charge in [0.1, 0.15) is 0 Å². The van der Waals surface area contributed by atoms with E-state index in [4.69, 9.17) is 0 Å². The lowest BCUT2D eigenvalue weighted by Crippen LogP contribution is -2.26. The summed E-state index contributed by atoms with van der Waals surface area (Å²) >= 11 is 0. The minimum atomic E-state index is 0.0400. The van der Waals surface area contributed by atoms with Crippen molar-refractivity contribution in [2.45, 2.75) is 39.3 Å². The van der Waals surface area contributed by atoms with Crippen molar-refractivity contribution in [1.29, 1.82) is 0 Å². The zero-order chi connectivity index (χ0) is 13.7. The number of aryl methyl sites for hydroxylation is 2. The van der Waals surface area contributed by atoms with E-state index in [2.05, 4.69) is 21.2 Å². The van der Waals surface area contributed by atoms with Crippen molar-refractivity contribution in [3.63, 3.8) is 0 Å². The molecule has 4 rings (SSSR count). The first-order valence-electron chi connectivity index (χ1n) is 7.02. The Kier molecular flexibility index (Phi) is 2.42. The van der Waals surface area contributed by atoms with Crippen molar-refractivity contribution in [2.24, 2.45) is 0 Å². The van der Waals surface area contributed by atoms with Crippen molar-refractivity contribution < 1.29 is 4.79 Å². The van der Waals surface area contributed by atoms with Gasteiger partial charge in [-0.2, -0.15) is 5.10 Å². The molecule has 5 nitrogen and oxygen atoms in total. The molecule has 0 spiro atoms. The maximum atomic E-state index is 12.6. The number of hydrogen-bond acceptors (Lipinski definition) is 3. The fraction of sp³-hybridized carbons (Fsp3) is 0.400. The van der Waals surface area contributed by atoms with Gasteiger partial charge >= 0.3 is 0 Å². The van der Waals surface area contributed by atoms with Crippen LogP contribution in [0.1, 0.15) is 45.0 Å². The monoisotopic (exact) mass is 268 g/mol. The summed E-state index contributed by atoms with van der Waals surface area (Å²) in [5.41, 5.74) is 6.24. The lowest BCUT2D eigenvalue weighted by Gasteiger charge is -2.14. The number of nitrogens with zero attached hydrogens (tertiary/aromatic N) is 3. The van der Waals surface area contributed by atoms with Gasteiger partial charge in [0.05, 0.1) is 0 Å². The van der Waals surface area contributed by atoms with Gasteiger partial charge in [-0.1, -0.05) is 0 Å². The van der Waals surface area contributed by atoms with Crippen LogP contribution in [0.4, 0.5) is 0 Å². The minimum absolute atomic E-state index is 0.0400. The molecular weight excluding hydrogens is 252 g/mol. The smallest absolute Gasteiger partial charge is 0.275 e. The van der Waals surface area contributed by atoms with Crippen LogP contribution in [0.3, 0.4) is 0 Å². The summed E-state index contributed by atoms with van der Waals surface area (Å²) in [4.78, 5) is 18.8. The Morgan fingerprint density at radius 3 is 3.05 bits per heavy atom. The molecule has 102 valence electrons. The zero-order valence-corrected chi connectivity index (χ0v) is 11.4. The minimum Gasteiger partial charge on any atom is -0.329 e. The van der Waals surface area contributed by atoms with E-state index < -0.39 is 0 Å². The lowest BCUT2D eigenvalue weighted by atomic mass is 10.2. The summed E-state index contributed by atoms with van der Waals surface area (Å²) in [6, 6.07) is 2.07. The maximum absolute atomic E-state index is 12.6. The topological polar surface area (TPSA) is 61.9 Å². The van der Waals surface area contributed by atoms with Crippen LogP contribution in [-0.4, -0.2) is 26.0 Å². The largest absolute Gasteiger partial charge is 0.329 e. The number of H-pyrrole nitrogens is 1. The van der Waals surface area contributed by atoms with E-state index >= 15 is 0 Å². The van der Waals surface area contributed by atoms with E-state index in [1.165, 1.54) is 5.56 Å². The van der Waals surface area contributed by atoms with Crippen LogP contribution in [0.2, 0.25) is 0 Å². The number of amides is 1. The van der Waals surface area contributed by atoms with Crippen molar-refractivity contribution in [3.05, 3.63) is 46.0 Å². The van der Waals surface area contributed by atoms with Gasteiger partial charge in [-0.3, -0.25) is 14.9 Å². The molecule has 5 heteroatoms. The summed E-state index contributed by atoms with van der Waals surface area (Å²) in [5.74, 6) is 0.0400. The molecule has 0 atom stereocenters. The lowest BCUT2D eigenvalue weighted by molar-refractivity contribution is 0.0744. The molecule has 0 saturated carbocycles. The van der Waals surface area contributed by atoms with Gasteiger partial charge in [-0.15, -0.1) is 0 Å². The number of nitrogens with one attached hydrogen (secondary N) is 1. The molecule has 1 amide bonds. The molecule has 20 heavy (non-hydrogen) atoms. The number of hydrogen-bond donors (Lipinski definition) is 1. The Morgan fingerprint density at radius 2 is 2.15 bits per heavy atom. The Bertz CT molecular complexity index is 704. The number of rotatable bonds is 1. The third-order valence-electron chi connectivity index (χ3n) is 4.24. The second-order valence-corrected chi connectivity index (χ2v) is 5.64. The van der Waals surface area contributed by atoms with Crippen LogP contribution in [0.15, 0.2) is 12.3 Å². The second-order valence-electron chi connectivity index (χ2n) is 5.64. The Balaban J connectivity index is 1.62. The standard InChI is InChI=1S/C15H16N4O/c1-9-5-10-7-19(8-11(10)6-16-9)15(20)14-12-3-2-4-13(12)17-18-14/h5-6H,2-4,7-8H2,1H3,(H,17,18). The summed E-state index contributed by atoms with van der Waals surface area (Å²) < 4.78 is 0. The number of pyridine rings is 1. The molecule has 0 radical (unpaired) electrons. The highest BCUT2D eigenvalue weighted by Gasteiger charge is 2.30. The first-order valence-corrected chi connectivity index (χ1v) is 7.02. The molecule has 0 saturated heterocycles. The number of aromatic amines is 1. The summed E-state index contributed by atoms with van der Waals surface area (Å²) in [6.45, 7) is 3.29. The van der Waals surface area contributed by atoms with Gasteiger partial charge in [-0.05, 0) is 43.4 Å². The van der Waals surface area contributed by atoms with Crippen molar-refractivity contribution in [1.82, 2.24) is 20.1 Å². The van der Waals surface area contributed by atoms with Crippen LogP contribution >= 0.6 is 0 Å². The van der Waals surface area contributed by atoms with Crippen LogP contribution in [0.25, 0.3) is 0 Å². The normalized spacial score (nSPS) is 16.4. The number of fused-ring (bicyclic) bond motifs is 2. The fourth-order valence-corrected chi connectivity index (χ4v) is 3.19. The number of aromatic nitrogens is 3. The SMILES string of the molecule is Cc1cc2c(cn1)CN(C(=O)c1n[nH]c3c1CCC3)C2. The van der Waals surface area contributed by atoms with Gasteiger partial charge in [0, 0.05) is 36.2 Å². The van der Waals surface area contributed by atoms with Gasteiger partial charge in [0.25, 0.3) is 5.91 Å². The molecule has 2 aromatic rings. The van der Waals surface area contributed by atoms with Gasteiger partial charge in [0.2, 0.25) is 0 Å². The van der Waals surface area contributed by atoms with E-state index in [1.807, 2.05) is 18.0 Å². The first-order chi connectivity index (χ1) is 9.72. The molecule has 2 aromatic heterocycles. The van der Waals surface area contributed by atoms with E-state index in [0.29, 0.717) is 18.8 Å². The Hall–Kier alpha value is -2.17. The van der Waals surface area contributed by atoms with Crippen LogP contribution in [0, 0.1) is 6.92 Å². The summed E-state index contributed by atoms with van der Waals surface area (Å²) in [5, 5.41) is 7.24. The third-order valence-corrected chi connectivity index (χ3v) is 4.24. The molecule has 0 unspecified atom stereocenters. The van der Waals surface area contributed by atoms with E-state index in [0.717, 1.165) is 41.8 Å². The molecule has 1 N–H and O–H groups in total. The van der Waals surface area contributed by atoms with Gasteiger partial charge in [-0.25, -0.2) is 0 Å². The van der Waals surface area contributed by atoms with E-state index in [9.17, 15) is 4.79 Å². The first kappa shape index (κ1) is 11.6. The van der Waals surface area contributed by atoms with E-state index in [-0.39, 0.29) is 5.91 Å². The van der Waals surface area contributed by atoms with E-state index in [1.54, 1.807) is 0 Å². The Labute approximate surface area is 117 Å².